The van der Waals surface area contributed by atoms with Crippen LogP contribution in [0.4, 0.5) is 0 Å². The summed E-state index contributed by atoms with van der Waals surface area (Å²) in [5.41, 5.74) is 0.934. The molecule has 0 spiro atoms. The van der Waals surface area contributed by atoms with Crippen molar-refractivity contribution in [2.24, 2.45) is 0 Å². The summed E-state index contributed by atoms with van der Waals surface area (Å²) in [7, 11) is 0. The summed E-state index contributed by atoms with van der Waals surface area (Å²) < 4.78 is 0. The monoisotopic (exact) mass is 280 g/mol. The summed E-state index contributed by atoms with van der Waals surface area (Å²) >= 11 is 0. The molecule has 0 fully saturated rings. The van der Waals surface area contributed by atoms with Crippen molar-refractivity contribution in [2.75, 3.05) is 0 Å². The summed E-state index contributed by atoms with van der Waals surface area (Å²) in [5.74, 6) is 0. The first kappa shape index (κ1) is 13.5. The summed E-state index contributed by atoms with van der Waals surface area (Å²) in [6, 6.07) is 18.7. The molecular formula is C17H16N2O2. The minimum absolute atomic E-state index is 0.211. The summed E-state index contributed by atoms with van der Waals surface area (Å²) in [4.78, 5) is 7.13. The number of imidazole rings is 1. The van der Waals surface area contributed by atoms with Gasteiger partial charge in [-0.3, -0.25) is 0 Å². The van der Waals surface area contributed by atoms with Crippen LogP contribution in [0.5, 0.6) is 0 Å². The highest BCUT2D eigenvalue weighted by Gasteiger charge is 2.37. The number of hydrogen-bond donors (Lipinski definition) is 3. The van der Waals surface area contributed by atoms with Gasteiger partial charge in [-0.1, -0.05) is 60.7 Å². The molecule has 3 aromatic rings. The van der Waals surface area contributed by atoms with Crippen molar-refractivity contribution in [1.82, 2.24) is 9.97 Å². The average molecular weight is 280 g/mol. The van der Waals surface area contributed by atoms with E-state index in [0.717, 1.165) is 0 Å². The molecule has 0 saturated carbocycles. The SMILES string of the molecule is OCc1[nH]cnc1C(O)(c1ccccc1)c1ccccc1. The standard InChI is InChI=1S/C17H16N2O2/c20-11-15-16(19-12-18-15)17(21,13-7-3-1-4-8-13)14-9-5-2-6-10-14/h1-10,12,20-21H,11H2,(H,18,19). The normalized spacial score (nSPS) is 11.5. The predicted octanol–water partition coefficient (Wildman–Crippen LogP) is 2.19. The fourth-order valence-electron chi connectivity index (χ4n) is 2.55. The van der Waals surface area contributed by atoms with Crippen LogP contribution in [0.15, 0.2) is 67.0 Å². The molecule has 4 nitrogen and oxygen atoms in total. The van der Waals surface area contributed by atoms with Gasteiger partial charge in [-0.25, -0.2) is 4.98 Å². The van der Waals surface area contributed by atoms with Gasteiger partial charge in [-0.15, -0.1) is 0 Å². The smallest absolute Gasteiger partial charge is 0.159 e. The van der Waals surface area contributed by atoms with Crippen molar-refractivity contribution >= 4 is 0 Å². The molecule has 106 valence electrons. The minimum Gasteiger partial charge on any atom is -0.390 e. The van der Waals surface area contributed by atoms with Gasteiger partial charge in [0.25, 0.3) is 0 Å². The van der Waals surface area contributed by atoms with Gasteiger partial charge in [0, 0.05) is 0 Å². The van der Waals surface area contributed by atoms with Crippen LogP contribution in [0.2, 0.25) is 0 Å². The van der Waals surface area contributed by atoms with E-state index in [1.165, 1.54) is 6.33 Å². The van der Waals surface area contributed by atoms with Crippen molar-refractivity contribution in [2.45, 2.75) is 12.2 Å². The molecule has 0 radical (unpaired) electrons. The van der Waals surface area contributed by atoms with Crippen molar-refractivity contribution in [3.8, 4) is 0 Å². The van der Waals surface area contributed by atoms with Crippen LogP contribution in [0.3, 0.4) is 0 Å². The van der Waals surface area contributed by atoms with Gasteiger partial charge in [0.15, 0.2) is 5.60 Å². The number of H-pyrrole nitrogens is 1. The van der Waals surface area contributed by atoms with Gasteiger partial charge in [0.1, 0.15) is 5.69 Å². The Morgan fingerprint density at radius 3 is 1.90 bits per heavy atom. The molecule has 21 heavy (non-hydrogen) atoms. The Hall–Kier alpha value is -2.43. The lowest BCUT2D eigenvalue weighted by Crippen LogP contribution is -2.30. The van der Waals surface area contributed by atoms with Crippen LogP contribution < -0.4 is 0 Å². The van der Waals surface area contributed by atoms with E-state index in [1.807, 2.05) is 60.7 Å². The number of rotatable bonds is 4. The zero-order valence-corrected chi connectivity index (χ0v) is 11.4. The second-order valence-electron chi connectivity index (χ2n) is 4.83. The number of aromatic nitrogens is 2. The van der Waals surface area contributed by atoms with E-state index in [9.17, 15) is 10.2 Å². The molecule has 0 aliphatic heterocycles. The second-order valence-corrected chi connectivity index (χ2v) is 4.83. The number of aliphatic hydroxyl groups excluding tert-OH is 1. The molecular weight excluding hydrogens is 264 g/mol. The van der Waals surface area contributed by atoms with Gasteiger partial charge in [-0.05, 0) is 11.1 Å². The number of benzene rings is 2. The van der Waals surface area contributed by atoms with E-state index in [2.05, 4.69) is 9.97 Å². The number of nitrogens with one attached hydrogen (secondary N) is 1. The number of nitrogens with zero attached hydrogens (tertiary/aromatic N) is 1. The zero-order chi connectivity index (χ0) is 14.7. The highest BCUT2D eigenvalue weighted by atomic mass is 16.3. The van der Waals surface area contributed by atoms with Gasteiger partial charge in [-0.2, -0.15) is 0 Å². The lowest BCUT2D eigenvalue weighted by atomic mass is 9.83. The largest absolute Gasteiger partial charge is 0.390 e. The summed E-state index contributed by atoms with van der Waals surface area (Å²) in [6.07, 6.45) is 1.48. The Morgan fingerprint density at radius 2 is 1.43 bits per heavy atom. The van der Waals surface area contributed by atoms with E-state index < -0.39 is 5.60 Å². The first-order valence-electron chi connectivity index (χ1n) is 6.74. The lowest BCUT2D eigenvalue weighted by molar-refractivity contribution is 0.118. The van der Waals surface area contributed by atoms with Crippen molar-refractivity contribution < 1.29 is 10.2 Å². The third-order valence-corrected chi connectivity index (χ3v) is 3.60. The topological polar surface area (TPSA) is 69.1 Å². The number of aromatic amines is 1. The number of aliphatic hydroxyl groups is 2. The Morgan fingerprint density at radius 1 is 0.905 bits per heavy atom. The quantitative estimate of drug-likeness (QED) is 0.686. The molecule has 0 bridgehead atoms. The van der Waals surface area contributed by atoms with E-state index in [-0.39, 0.29) is 6.61 Å². The maximum Gasteiger partial charge on any atom is 0.159 e. The molecule has 1 heterocycles. The molecule has 0 unspecified atom stereocenters. The summed E-state index contributed by atoms with van der Waals surface area (Å²) in [6.45, 7) is -0.211. The summed E-state index contributed by atoms with van der Waals surface area (Å²) in [5, 5.41) is 20.9. The molecule has 0 atom stereocenters. The van der Waals surface area contributed by atoms with Gasteiger partial charge < -0.3 is 15.2 Å². The van der Waals surface area contributed by atoms with E-state index in [0.29, 0.717) is 22.5 Å². The Labute approximate surface area is 122 Å². The van der Waals surface area contributed by atoms with Gasteiger partial charge in [0.2, 0.25) is 0 Å². The molecule has 3 rings (SSSR count). The van der Waals surface area contributed by atoms with E-state index >= 15 is 0 Å². The van der Waals surface area contributed by atoms with Crippen LogP contribution in [0, 0.1) is 0 Å². The Bertz CT molecular complexity index is 668. The average Bonchev–Trinajstić information content (AvgIpc) is 3.05. The van der Waals surface area contributed by atoms with Gasteiger partial charge in [0.05, 0.1) is 18.6 Å². The fraction of sp³-hybridized carbons (Fsp3) is 0.118. The molecule has 4 heteroatoms. The zero-order valence-electron chi connectivity index (χ0n) is 11.4. The van der Waals surface area contributed by atoms with Gasteiger partial charge >= 0.3 is 0 Å². The second kappa shape index (κ2) is 5.52. The van der Waals surface area contributed by atoms with Crippen molar-refractivity contribution in [3.63, 3.8) is 0 Å². The Kier molecular flexibility index (Phi) is 3.56. The highest BCUT2D eigenvalue weighted by molar-refractivity contribution is 5.45. The third kappa shape index (κ3) is 2.24. The molecule has 0 saturated heterocycles. The maximum absolute atomic E-state index is 11.4. The van der Waals surface area contributed by atoms with E-state index in [1.54, 1.807) is 0 Å². The van der Waals surface area contributed by atoms with Crippen molar-refractivity contribution in [3.05, 3.63) is 89.5 Å². The van der Waals surface area contributed by atoms with Crippen LogP contribution in [-0.4, -0.2) is 20.2 Å². The van der Waals surface area contributed by atoms with Crippen molar-refractivity contribution in [1.29, 1.82) is 0 Å². The lowest BCUT2D eigenvalue weighted by Gasteiger charge is -2.28. The highest BCUT2D eigenvalue weighted by Crippen LogP contribution is 2.36. The first-order valence-corrected chi connectivity index (χ1v) is 6.74. The molecule has 2 aromatic carbocycles. The molecule has 3 N–H and O–H groups in total. The van der Waals surface area contributed by atoms with Crippen LogP contribution in [0.25, 0.3) is 0 Å². The maximum atomic E-state index is 11.4. The Balaban J connectivity index is 2.26. The number of hydrogen-bond acceptors (Lipinski definition) is 3. The molecule has 1 aromatic heterocycles. The van der Waals surface area contributed by atoms with Crippen LogP contribution in [0.1, 0.15) is 22.5 Å². The van der Waals surface area contributed by atoms with Crippen LogP contribution >= 0.6 is 0 Å². The minimum atomic E-state index is -1.40. The molecule has 0 amide bonds. The fourth-order valence-corrected chi connectivity index (χ4v) is 2.55. The molecule has 0 aliphatic rings. The first-order chi connectivity index (χ1) is 10.3. The predicted molar refractivity (Wildman–Crippen MR) is 79.5 cm³/mol. The van der Waals surface area contributed by atoms with E-state index in [4.69, 9.17) is 0 Å². The van der Waals surface area contributed by atoms with Crippen LogP contribution in [-0.2, 0) is 12.2 Å². The third-order valence-electron chi connectivity index (χ3n) is 3.60. The molecule has 0 aliphatic carbocycles.